The third kappa shape index (κ3) is 2.47. The molecule has 2 rings (SSSR count). The van der Waals surface area contributed by atoms with Crippen LogP contribution >= 0.6 is 0 Å². The SMILES string of the molecule is O=C1OCC(O)CN1Cc1ccccc1. The summed E-state index contributed by atoms with van der Waals surface area (Å²) in [5, 5.41) is 9.36. The van der Waals surface area contributed by atoms with Crippen molar-refractivity contribution in [2.24, 2.45) is 0 Å². The van der Waals surface area contributed by atoms with Crippen LogP contribution in [0.3, 0.4) is 0 Å². The molecule has 1 fully saturated rings. The zero-order valence-corrected chi connectivity index (χ0v) is 8.30. The molecule has 15 heavy (non-hydrogen) atoms. The highest BCUT2D eigenvalue weighted by atomic mass is 16.6. The normalized spacial score (nSPS) is 21.3. The smallest absolute Gasteiger partial charge is 0.410 e. The molecule has 1 aromatic rings. The molecule has 1 N–H and O–H groups in total. The molecule has 0 spiro atoms. The van der Waals surface area contributed by atoms with Crippen molar-refractivity contribution in [3.05, 3.63) is 35.9 Å². The molecule has 0 saturated carbocycles. The van der Waals surface area contributed by atoms with E-state index in [1.807, 2.05) is 30.3 Å². The molecule has 4 nitrogen and oxygen atoms in total. The molecular weight excluding hydrogens is 194 g/mol. The molecule has 1 aliphatic rings. The molecule has 4 heteroatoms. The van der Waals surface area contributed by atoms with Gasteiger partial charge in [0.1, 0.15) is 12.7 Å². The van der Waals surface area contributed by atoms with E-state index in [2.05, 4.69) is 0 Å². The van der Waals surface area contributed by atoms with Crippen LogP contribution in [0.1, 0.15) is 5.56 Å². The fraction of sp³-hybridized carbons (Fsp3) is 0.364. The Balaban J connectivity index is 2.01. The number of nitrogens with zero attached hydrogens (tertiary/aromatic N) is 1. The predicted octanol–water partition coefficient (Wildman–Crippen LogP) is 1.000. The zero-order valence-electron chi connectivity index (χ0n) is 8.30. The quantitative estimate of drug-likeness (QED) is 0.787. The molecular formula is C11H13NO3. The first-order valence-electron chi connectivity index (χ1n) is 4.89. The van der Waals surface area contributed by atoms with Gasteiger partial charge in [-0.15, -0.1) is 0 Å². The number of aliphatic hydroxyl groups is 1. The van der Waals surface area contributed by atoms with Crippen molar-refractivity contribution in [1.29, 1.82) is 0 Å². The number of cyclic esters (lactones) is 1. The molecule has 1 aromatic carbocycles. The van der Waals surface area contributed by atoms with E-state index >= 15 is 0 Å². The maximum absolute atomic E-state index is 11.3. The Bertz CT molecular complexity index is 339. The molecule has 0 aromatic heterocycles. The number of hydrogen-bond acceptors (Lipinski definition) is 3. The highest BCUT2D eigenvalue weighted by Gasteiger charge is 2.25. The Morgan fingerprint density at radius 2 is 2.13 bits per heavy atom. The van der Waals surface area contributed by atoms with Gasteiger partial charge in [0.05, 0.1) is 6.54 Å². The molecule has 1 atom stereocenters. The molecule has 0 radical (unpaired) electrons. The summed E-state index contributed by atoms with van der Waals surface area (Å²) in [6.07, 6.45) is -0.935. The number of carbonyl (C=O) groups is 1. The number of rotatable bonds is 2. The van der Waals surface area contributed by atoms with Gasteiger partial charge in [0.2, 0.25) is 0 Å². The van der Waals surface area contributed by atoms with E-state index in [1.54, 1.807) is 0 Å². The Morgan fingerprint density at radius 3 is 2.87 bits per heavy atom. The van der Waals surface area contributed by atoms with Gasteiger partial charge < -0.3 is 14.7 Å². The van der Waals surface area contributed by atoms with Crippen LogP contribution in [0.4, 0.5) is 4.79 Å². The van der Waals surface area contributed by atoms with Crippen molar-refractivity contribution in [2.45, 2.75) is 12.6 Å². The third-order valence-electron chi connectivity index (χ3n) is 2.30. The monoisotopic (exact) mass is 207 g/mol. The van der Waals surface area contributed by atoms with Crippen molar-refractivity contribution < 1.29 is 14.6 Å². The lowest BCUT2D eigenvalue weighted by atomic mass is 10.2. The standard InChI is InChI=1S/C11H13NO3/c13-10-7-12(11(14)15-8-10)6-9-4-2-1-3-5-9/h1-5,10,13H,6-8H2. The molecule has 80 valence electrons. The first-order valence-corrected chi connectivity index (χ1v) is 4.89. The van der Waals surface area contributed by atoms with Gasteiger partial charge in [-0.05, 0) is 5.56 Å². The lowest BCUT2D eigenvalue weighted by Crippen LogP contribution is -2.45. The summed E-state index contributed by atoms with van der Waals surface area (Å²) in [6.45, 7) is 0.925. The van der Waals surface area contributed by atoms with E-state index < -0.39 is 6.10 Å². The molecule has 1 unspecified atom stereocenters. The Hall–Kier alpha value is -1.55. The summed E-state index contributed by atoms with van der Waals surface area (Å²) in [5.41, 5.74) is 1.03. The van der Waals surface area contributed by atoms with Gasteiger partial charge in [0, 0.05) is 6.54 Å². The van der Waals surface area contributed by atoms with Gasteiger partial charge >= 0.3 is 6.09 Å². The lowest BCUT2D eigenvalue weighted by molar-refractivity contribution is -0.00796. The van der Waals surface area contributed by atoms with Crippen LogP contribution in [0.15, 0.2) is 30.3 Å². The average molecular weight is 207 g/mol. The highest BCUT2D eigenvalue weighted by Crippen LogP contribution is 2.10. The summed E-state index contributed by atoms with van der Waals surface area (Å²) in [4.78, 5) is 12.8. The van der Waals surface area contributed by atoms with E-state index in [9.17, 15) is 9.90 Å². The van der Waals surface area contributed by atoms with Gasteiger partial charge in [0.15, 0.2) is 0 Å². The van der Waals surface area contributed by atoms with Crippen molar-refractivity contribution in [3.8, 4) is 0 Å². The maximum atomic E-state index is 11.3. The van der Waals surface area contributed by atoms with Crippen LogP contribution in [-0.2, 0) is 11.3 Å². The van der Waals surface area contributed by atoms with Crippen LogP contribution in [0, 0.1) is 0 Å². The van der Waals surface area contributed by atoms with E-state index in [4.69, 9.17) is 4.74 Å². The summed E-state index contributed by atoms with van der Waals surface area (Å²) in [7, 11) is 0. The summed E-state index contributed by atoms with van der Waals surface area (Å²) >= 11 is 0. The largest absolute Gasteiger partial charge is 0.447 e. The number of β-amino-alcohol motifs (C(OH)–C–C–N with tert-alkyl or cyclic N) is 1. The van der Waals surface area contributed by atoms with Crippen LogP contribution < -0.4 is 0 Å². The van der Waals surface area contributed by atoms with Crippen molar-refractivity contribution in [2.75, 3.05) is 13.2 Å². The van der Waals surface area contributed by atoms with Crippen molar-refractivity contribution >= 4 is 6.09 Å². The van der Waals surface area contributed by atoms with E-state index in [1.165, 1.54) is 4.90 Å². The maximum Gasteiger partial charge on any atom is 0.410 e. The van der Waals surface area contributed by atoms with Crippen LogP contribution in [0.5, 0.6) is 0 Å². The summed E-state index contributed by atoms with van der Waals surface area (Å²) in [5.74, 6) is 0. The Kier molecular flexibility index (Phi) is 2.87. The van der Waals surface area contributed by atoms with Gasteiger partial charge in [0.25, 0.3) is 0 Å². The van der Waals surface area contributed by atoms with Crippen LogP contribution in [0.2, 0.25) is 0 Å². The van der Waals surface area contributed by atoms with Crippen molar-refractivity contribution in [3.63, 3.8) is 0 Å². The minimum absolute atomic E-state index is 0.101. The van der Waals surface area contributed by atoms with Gasteiger partial charge in [-0.3, -0.25) is 0 Å². The predicted molar refractivity (Wildman–Crippen MR) is 54.2 cm³/mol. The molecule has 1 saturated heterocycles. The number of ether oxygens (including phenoxy) is 1. The molecule has 0 aliphatic carbocycles. The lowest BCUT2D eigenvalue weighted by Gasteiger charge is -2.29. The van der Waals surface area contributed by atoms with Gasteiger partial charge in [-0.25, -0.2) is 4.79 Å². The number of benzene rings is 1. The molecule has 0 bridgehead atoms. The number of amides is 1. The minimum Gasteiger partial charge on any atom is -0.447 e. The molecule has 1 aliphatic heterocycles. The van der Waals surface area contributed by atoms with E-state index in [-0.39, 0.29) is 12.7 Å². The average Bonchev–Trinajstić information content (AvgIpc) is 2.25. The number of hydrogen-bond donors (Lipinski definition) is 1. The second-order valence-electron chi connectivity index (χ2n) is 3.60. The first-order chi connectivity index (χ1) is 7.25. The Morgan fingerprint density at radius 1 is 1.40 bits per heavy atom. The summed E-state index contributed by atoms with van der Waals surface area (Å²) < 4.78 is 4.81. The second-order valence-corrected chi connectivity index (χ2v) is 3.60. The fourth-order valence-electron chi connectivity index (χ4n) is 1.57. The summed E-state index contributed by atoms with van der Waals surface area (Å²) in [6, 6.07) is 9.64. The van der Waals surface area contributed by atoms with E-state index in [0.717, 1.165) is 5.56 Å². The van der Waals surface area contributed by atoms with Gasteiger partial charge in [-0.2, -0.15) is 0 Å². The third-order valence-corrected chi connectivity index (χ3v) is 2.30. The van der Waals surface area contributed by atoms with E-state index in [0.29, 0.717) is 13.1 Å². The topological polar surface area (TPSA) is 49.8 Å². The van der Waals surface area contributed by atoms with Crippen molar-refractivity contribution in [1.82, 2.24) is 4.90 Å². The fourth-order valence-corrected chi connectivity index (χ4v) is 1.57. The van der Waals surface area contributed by atoms with Crippen LogP contribution in [0.25, 0.3) is 0 Å². The molecule has 1 amide bonds. The second kappa shape index (κ2) is 4.31. The Labute approximate surface area is 88.1 Å². The van der Waals surface area contributed by atoms with Gasteiger partial charge in [-0.1, -0.05) is 30.3 Å². The first kappa shape index (κ1) is 9.98. The van der Waals surface area contributed by atoms with Crippen LogP contribution in [-0.4, -0.2) is 35.4 Å². The number of aliphatic hydroxyl groups excluding tert-OH is 1. The highest BCUT2D eigenvalue weighted by molar-refractivity contribution is 5.68. The molecule has 1 heterocycles. The minimum atomic E-state index is -0.577. The number of carbonyl (C=O) groups excluding carboxylic acids is 1. The zero-order chi connectivity index (χ0) is 10.7.